The normalized spacial score (nSPS) is 11.8. The van der Waals surface area contributed by atoms with E-state index in [-0.39, 0.29) is 22.1 Å². The fourth-order valence-corrected chi connectivity index (χ4v) is 3.86. The molecule has 0 saturated carbocycles. The highest BCUT2D eigenvalue weighted by Gasteiger charge is 2.24. The Hall–Kier alpha value is -2.33. The molecule has 140 valence electrons. The van der Waals surface area contributed by atoms with Crippen LogP contribution in [0.25, 0.3) is 0 Å². The van der Waals surface area contributed by atoms with Crippen LogP contribution in [0.5, 0.6) is 0 Å². The zero-order valence-corrected chi connectivity index (χ0v) is 16.4. The first-order chi connectivity index (χ1) is 13.0. The first-order valence-electron chi connectivity index (χ1n) is 7.64. The number of hydrogen-bond donors (Lipinski definition) is 0. The number of methoxy groups -OCH3 is 1. The van der Waals surface area contributed by atoms with Crippen molar-refractivity contribution in [3.8, 4) is 0 Å². The molecular weight excluding hydrogens is 410 g/mol. The second kappa shape index (κ2) is 8.57. The van der Waals surface area contributed by atoms with Crippen molar-refractivity contribution in [2.24, 2.45) is 0 Å². The van der Waals surface area contributed by atoms with Gasteiger partial charge < -0.3 is 9.29 Å². The quantitative estimate of drug-likeness (QED) is 0.445. The minimum atomic E-state index is -2.75. The Morgan fingerprint density at radius 3 is 2.67 bits per heavy atom. The Kier molecular flexibility index (Phi) is 6.17. The number of hydrogen-bond acceptors (Lipinski definition) is 7. The van der Waals surface area contributed by atoms with Crippen molar-refractivity contribution in [1.29, 1.82) is 0 Å². The van der Waals surface area contributed by atoms with Crippen molar-refractivity contribution >= 4 is 52.1 Å². The van der Waals surface area contributed by atoms with Gasteiger partial charge in [0.2, 0.25) is 0 Å². The lowest BCUT2D eigenvalue weighted by Gasteiger charge is -2.26. The van der Waals surface area contributed by atoms with Crippen LogP contribution < -0.4 is 4.31 Å². The number of carbonyl (C=O) groups excluding carboxylic acids is 1. The molecule has 0 N–H and O–H groups in total. The molecule has 1 heterocycles. The van der Waals surface area contributed by atoms with Gasteiger partial charge in [0.1, 0.15) is 5.69 Å². The highest BCUT2D eigenvalue weighted by Crippen LogP contribution is 2.34. The van der Waals surface area contributed by atoms with Crippen LogP contribution in [-0.2, 0) is 22.4 Å². The Bertz CT molecular complexity index is 981. The van der Waals surface area contributed by atoms with Crippen molar-refractivity contribution in [2.45, 2.75) is 6.42 Å². The molecule has 1 aromatic heterocycles. The summed E-state index contributed by atoms with van der Waals surface area (Å²) in [5.41, 5.74) is 1.52. The zero-order chi connectivity index (χ0) is 19.4. The molecule has 0 amide bonds. The summed E-state index contributed by atoms with van der Waals surface area (Å²) in [6, 6.07) is 13.7. The molecule has 1 unspecified atom stereocenters. The summed E-state index contributed by atoms with van der Waals surface area (Å²) in [5, 5.41) is 0.275. The van der Waals surface area contributed by atoms with Crippen LogP contribution in [0.4, 0.5) is 11.5 Å². The minimum Gasteiger partial charge on any atom is -0.755 e. The molecule has 0 fully saturated rings. The monoisotopic (exact) mass is 422 g/mol. The lowest BCUT2D eigenvalue weighted by atomic mass is 10.1. The highest BCUT2D eigenvalue weighted by atomic mass is 35.5. The van der Waals surface area contributed by atoms with E-state index in [0.717, 1.165) is 21.6 Å². The van der Waals surface area contributed by atoms with Crippen LogP contribution in [0.3, 0.4) is 0 Å². The van der Waals surface area contributed by atoms with E-state index in [0.29, 0.717) is 12.1 Å². The van der Waals surface area contributed by atoms with Crippen molar-refractivity contribution < 1.29 is 18.3 Å². The van der Waals surface area contributed by atoms with Gasteiger partial charge in [-0.15, -0.1) is 0 Å². The van der Waals surface area contributed by atoms with Crippen LogP contribution in [0, 0.1) is 0 Å². The minimum absolute atomic E-state index is 0.00728. The van der Waals surface area contributed by atoms with Crippen molar-refractivity contribution in [1.82, 2.24) is 8.75 Å². The molecule has 0 aliphatic heterocycles. The Morgan fingerprint density at radius 1 is 1.26 bits per heavy atom. The van der Waals surface area contributed by atoms with Gasteiger partial charge >= 0.3 is 5.97 Å². The molecule has 1 atom stereocenters. The number of rotatable bonds is 6. The first-order valence-corrected chi connectivity index (χ1v) is 9.78. The van der Waals surface area contributed by atoms with Gasteiger partial charge in [0, 0.05) is 11.4 Å². The summed E-state index contributed by atoms with van der Waals surface area (Å²) in [4.78, 5) is 12.1. The maximum absolute atomic E-state index is 12.1. The molecule has 27 heavy (non-hydrogen) atoms. The van der Waals surface area contributed by atoms with Crippen LogP contribution in [-0.4, -0.2) is 30.6 Å². The predicted octanol–water partition coefficient (Wildman–Crippen LogP) is 3.50. The molecule has 7 nitrogen and oxygen atoms in total. The van der Waals surface area contributed by atoms with E-state index in [1.807, 2.05) is 30.3 Å². The zero-order valence-electron chi connectivity index (χ0n) is 14.0. The van der Waals surface area contributed by atoms with Crippen LogP contribution in [0.15, 0.2) is 48.5 Å². The molecular formula is C17H13ClN3O4S2-. The molecule has 0 spiro atoms. The van der Waals surface area contributed by atoms with Crippen LogP contribution in [0.2, 0.25) is 5.02 Å². The maximum atomic E-state index is 12.1. The second-order valence-electron chi connectivity index (χ2n) is 5.36. The van der Waals surface area contributed by atoms with Crippen LogP contribution in [0.1, 0.15) is 21.6 Å². The number of esters is 1. The summed E-state index contributed by atoms with van der Waals surface area (Å²) < 4.78 is 38.1. The molecule has 10 heteroatoms. The third-order valence-electron chi connectivity index (χ3n) is 3.67. The highest BCUT2D eigenvalue weighted by molar-refractivity contribution is 7.81. The van der Waals surface area contributed by atoms with Crippen molar-refractivity contribution in [3.05, 3.63) is 70.4 Å². The largest absolute Gasteiger partial charge is 0.755 e. The van der Waals surface area contributed by atoms with E-state index in [9.17, 15) is 13.6 Å². The number of ether oxygens (including phenoxy) is 1. The lowest BCUT2D eigenvalue weighted by molar-refractivity contribution is 0.0601. The molecule has 0 aliphatic carbocycles. The topological polar surface area (TPSA) is 95.5 Å². The number of benzene rings is 2. The van der Waals surface area contributed by atoms with E-state index in [1.54, 1.807) is 0 Å². The molecule has 0 radical (unpaired) electrons. The van der Waals surface area contributed by atoms with Gasteiger partial charge in [0.25, 0.3) is 0 Å². The van der Waals surface area contributed by atoms with E-state index >= 15 is 0 Å². The van der Waals surface area contributed by atoms with Crippen molar-refractivity contribution in [3.63, 3.8) is 0 Å². The van der Waals surface area contributed by atoms with Gasteiger partial charge in [-0.1, -0.05) is 41.9 Å². The third-order valence-corrected chi connectivity index (χ3v) is 5.13. The average Bonchev–Trinajstić information content (AvgIpc) is 3.10. The standard InChI is InChI=1S/C17H14ClN3O4S2/c1-25-17(22)13-10-12(18)7-8-15(13)21(27(23)24)16-14(19-26-20-16)9-11-5-3-2-4-6-11/h2-8,10H,9H2,1H3,(H,23,24)/p-1. The van der Waals surface area contributed by atoms with Gasteiger partial charge in [-0.3, -0.25) is 8.51 Å². The predicted molar refractivity (Wildman–Crippen MR) is 103 cm³/mol. The third kappa shape index (κ3) is 4.33. The number of carbonyl (C=O) groups is 1. The molecule has 3 rings (SSSR count). The number of aromatic nitrogens is 2. The summed E-state index contributed by atoms with van der Waals surface area (Å²) in [6.45, 7) is 0. The fraction of sp³-hybridized carbons (Fsp3) is 0.118. The summed E-state index contributed by atoms with van der Waals surface area (Å²) in [5.74, 6) is -0.583. The van der Waals surface area contributed by atoms with Gasteiger partial charge in [0.05, 0.1) is 41.4 Å². The Balaban J connectivity index is 2.08. The fourth-order valence-electron chi connectivity index (χ4n) is 2.48. The number of anilines is 2. The smallest absolute Gasteiger partial charge is 0.340 e. The van der Waals surface area contributed by atoms with Gasteiger partial charge in [-0.25, -0.2) is 4.79 Å². The molecule has 0 aliphatic rings. The van der Waals surface area contributed by atoms with Crippen LogP contribution >= 0.6 is 23.3 Å². The summed E-state index contributed by atoms with van der Waals surface area (Å²) in [7, 11) is 1.21. The molecule has 0 bridgehead atoms. The average molecular weight is 423 g/mol. The lowest BCUT2D eigenvalue weighted by Crippen LogP contribution is -2.23. The van der Waals surface area contributed by atoms with Crippen molar-refractivity contribution in [2.75, 3.05) is 11.4 Å². The number of halogens is 1. The van der Waals surface area contributed by atoms with Gasteiger partial charge in [0.15, 0.2) is 5.82 Å². The first kappa shape index (κ1) is 19.4. The van der Waals surface area contributed by atoms with E-state index in [1.165, 1.54) is 25.3 Å². The Morgan fingerprint density at radius 2 is 2.00 bits per heavy atom. The Labute approximate surface area is 167 Å². The van der Waals surface area contributed by atoms with Gasteiger partial charge in [-0.05, 0) is 23.8 Å². The van der Waals surface area contributed by atoms with Gasteiger partial charge in [-0.2, -0.15) is 8.75 Å². The molecule has 2 aromatic carbocycles. The molecule has 0 saturated heterocycles. The number of nitrogens with zero attached hydrogens (tertiary/aromatic N) is 3. The molecule has 3 aromatic rings. The summed E-state index contributed by atoms with van der Waals surface area (Å²) in [6.07, 6.45) is 0.390. The second-order valence-corrected chi connectivity index (χ2v) is 7.13. The van der Waals surface area contributed by atoms with E-state index in [2.05, 4.69) is 8.75 Å². The maximum Gasteiger partial charge on any atom is 0.340 e. The van der Waals surface area contributed by atoms with E-state index < -0.39 is 17.2 Å². The van der Waals surface area contributed by atoms with E-state index in [4.69, 9.17) is 16.3 Å². The SMILES string of the molecule is COC(=O)c1cc(Cl)ccc1N(c1nsnc1Cc1ccccc1)S(=O)[O-]. The summed E-state index contributed by atoms with van der Waals surface area (Å²) >= 11 is 4.10.